The summed E-state index contributed by atoms with van der Waals surface area (Å²) in [6.07, 6.45) is -0.518. The van der Waals surface area contributed by atoms with E-state index in [4.69, 9.17) is 0 Å². The fraction of sp³-hybridized carbons (Fsp3) is 0.857. The highest BCUT2D eigenvalue weighted by Crippen LogP contribution is 2.24. The van der Waals surface area contributed by atoms with Crippen LogP contribution in [0.4, 0.5) is 4.39 Å². The Morgan fingerprint density at radius 3 is 2.58 bits per heavy atom. The number of alkyl halides is 1. The summed E-state index contributed by atoms with van der Waals surface area (Å²) >= 11 is 2.00. The first-order valence-corrected chi connectivity index (χ1v) is 4.76. The first-order valence-electron chi connectivity index (χ1n) is 3.80. The molecular formula is C7H12FIN2O. The molecular weight excluding hydrogens is 274 g/mol. The van der Waals surface area contributed by atoms with Crippen LogP contribution in [0, 0.1) is 0 Å². The van der Waals surface area contributed by atoms with Crippen LogP contribution >= 0.6 is 22.9 Å². The van der Waals surface area contributed by atoms with Crippen LogP contribution in [0.25, 0.3) is 0 Å². The van der Waals surface area contributed by atoms with Crippen molar-refractivity contribution in [2.75, 3.05) is 20.6 Å². The van der Waals surface area contributed by atoms with Gasteiger partial charge in [0.2, 0.25) is 5.91 Å². The molecule has 0 aromatic heterocycles. The van der Waals surface area contributed by atoms with Gasteiger partial charge in [-0.15, -0.1) is 0 Å². The monoisotopic (exact) mass is 286 g/mol. The van der Waals surface area contributed by atoms with Crippen molar-refractivity contribution in [3.8, 4) is 0 Å². The van der Waals surface area contributed by atoms with Gasteiger partial charge in [0, 0.05) is 49.9 Å². The standard InChI is InChI=1S/C7H12FIN2O/c1-10(2)7(12)6-3-5(8)4-11(6)9/h5-6H,3-4H2,1-2H3/t5?,6-/m0/s1. The van der Waals surface area contributed by atoms with Gasteiger partial charge in [-0.25, -0.2) is 7.50 Å². The largest absolute Gasteiger partial charge is 0.347 e. The van der Waals surface area contributed by atoms with Crippen LogP contribution < -0.4 is 0 Å². The van der Waals surface area contributed by atoms with Crippen LogP contribution in [0.5, 0.6) is 0 Å². The van der Waals surface area contributed by atoms with Crippen LogP contribution in [0.1, 0.15) is 6.42 Å². The van der Waals surface area contributed by atoms with E-state index in [1.54, 1.807) is 17.2 Å². The molecule has 3 nitrogen and oxygen atoms in total. The second-order valence-electron chi connectivity index (χ2n) is 3.16. The molecule has 0 radical (unpaired) electrons. The average molecular weight is 286 g/mol. The van der Waals surface area contributed by atoms with E-state index in [0.29, 0.717) is 13.0 Å². The molecule has 12 heavy (non-hydrogen) atoms. The van der Waals surface area contributed by atoms with Crippen molar-refractivity contribution in [1.82, 2.24) is 8.01 Å². The van der Waals surface area contributed by atoms with Crippen molar-refractivity contribution in [3.63, 3.8) is 0 Å². The third-order valence-electron chi connectivity index (χ3n) is 1.92. The van der Waals surface area contributed by atoms with E-state index in [-0.39, 0.29) is 11.9 Å². The number of halogens is 2. The van der Waals surface area contributed by atoms with Gasteiger partial charge in [0.05, 0.1) is 0 Å². The zero-order valence-corrected chi connectivity index (χ0v) is 9.29. The molecule has 0 N–H and O–H groups in total. The van der Waals surface area contributed by atoms with Gasteiger partial charge in [-0.05, 0) is 0 Å². The summed E-state index contributed by atoms with van der Waals surface area (Å²) in [5.41, 5.74) is 0. The minimum Gasteiger partial charge on any atom is -0.347 e. The molecule has 2 atom stereocenters. The summed E-state index contributed by atoms with van der Waals surface area (Å²) in [5, 5.41) is 0. The van der Waals surface area contributed by atoms with E-state index >= 15 is 0 Å². The van der Waals surface area contributed by atoms with Gasteiger partial charge >= 0.3 is 0 Å². The predicted molar refractivity (Wildman–Crippen MR) is 52.7 cm³/mol. The molecule has 1 aliphatic heterocycles. The maximum atomic E-state index is 12.8. The summed E-state index contributed by atoms with van der Waals surface area (Å²) in [6, 6.07) is -0.268. The van der Waals surface area contributed by atoms with Crippen LogP contribution in [0.3, 0.4) is 0 Å². The van der Waals surface area contributed by atoms with E-state index in [1.807, 2.05) is 22.9 Å². The third kappa shape index (κ3) is 2.07. The number of hydrogen-bond acceptors (Lipinski definition) is 2. The molecule has 1 amide bonds. The molecule has 5 heteroatoms. The minimum atomic E-state index is -0.851. The molecule has 1 fully saturated rings. The van der Waals surface area contributed by atoms with Crippen molar-refractivity contribution in [2.45, 2.75) is 18.6 Å². The van der Waals surface area contributed by atoms with Crippen LogP contribution in [-0.2, 0) is 4.79 Å². The molecule has 1 unspecified atom stereocenters. The lowest BCUT2D eigenvalue weighted by Crippen LogP contribution is -2.38. The Morgan fingerprint density at radius 1 is 1.67 bits per heavy atom. The normalized spacial score (nSPS) is 30.7. The Kier molecular flexibility index (Phi) is 3.28. The Hall–Kier alpha value is 0.0900. The molecule has 0 saturated carbocycles. The van der Waals surface area contributed by atoms with Crippen molar-refractivity contribution >= 4 is 28.8 Å². The van der Waals surface area contributed by atoms with E-state index in [9.17, 15) is 9.18 Å². The van der Waals surface area contributed by atoms with Crippen LogP contribution in [0.2, 0.25) is 0 Å². The van der Waals surface area contributed by atoms with E-state index in [0.717, 1.165) is 0 Å². The zero-order valence-electron chi connectivity index (χ0n) is 7.13. The lowest BCUT2D eigenvalue weighted by Gasteiger charge is -2.19. The fourth-order valence-electron chi connectivity index (χ4n) is 1.27. The highest BCUT2D eigenvalue weighted by Gasteiger charge is 2.36. The number of carbonyl (C=O) groups is 1. The Morgan fingerprint density at radius 2 is 2.25 bits per heavy atom. The van der Waals surface area contributed by atoms with Gasteiger partial charge in [-0.1, -0.05) is 0 Å². The van der Waals surface area contributed by atoms with E-state index < -0.39 is 6.17 Å². The Labute approximate surface area is 85.4 Å². The Balaban J connectivity index is 2.58. The molecule has 0 spiro atoms. The Bertz CT molecular complexity index is 188. The lowest BCUT2D eigenvalue weighted by molar-refractivity contribution is -0.131. The topological polar surface area (TPSA) is 23.6 Å². The number of carbonyl (C=O) groups excluding carboxylic acids is 1. The summed E-state index contributed by atoms with van der Waals surface area (Å²) in [5.74, 6) is -0.00968. The predicted octanol–water partition coefficient (Wildman–Crippen LogP) is 0.837. The summed E-state index contributed by atoms with van der Waals surface area (Å²) in [4.78, 5) is 12.9. The number of nitrogens with zero attached hydrogens (tertiary/aromatic N) is 2. The number of rotatable bonds is 1. The van der Waals surface area contributed by atoms with Crippen LogP contribution in [0.15, 0.2) is 0 Å². The van der Waals surface area contributed by atoms with Crippen LogP contribution in [-0.4, -0.2) is 46.8 Å². The first kappa shape index (κ1) is 10.2. The zero-order chi connectivity index (χ0) is 9.30. The number of amides is 1. The highest BCUT2D eigenvalue weighted by molar-refractivity contribution is 14.1. The fourth-order valence-corrected chi connectivity index (χ4v) is 2.16. The summed E-state index contributed by atoms with van der Waals surface area (Å²) in [6.45, 7) is 0.366. The molecule has 0 bridgehead atoms. The van der Waals surface area contributed by atoms with Gasteiger partial charge in [-0.3, -0.25) is 4.79 Å². The maximum Gasteiger partial charge on any atom is 0.240 e. The number of hydrogen-bond donors (Lipinski definition) is 0. The molecule has 1 rings (SSSR count). The van der Waals surface area contributed by atoms with Gasteiger partial charge in [0.15, 0.2) is 0 Å². The van der Waals surface area contributed by atoms with Crippen molar-refractivity contribution < 1.29 is 9.18 Å². The first-order chi connectivity index (χ1) is 5.52. The molecule has 1 aliphatic rings. The average Bonchev–Trinajstić information content (AvgIpc) is 2.28. The number of likely N-dealkylation sites (N-methyl/N-ethyl adjacent to an activating group) is 1. The molecule has 0 aliphatic carbocycles. The van der Waals surface area contributed by atoms with Gasteiger partial charge in [-0.2, -0.15) is 0 Å². The van der Waals surface area contributed by atoms with E-state index in [1.165, 1.54) is 4.90 Å². The van der Waals surface area contributed by atoms with Gasteiger partial charge in [0.1, 0.15) is 12.2 Å². The third-order valence-corrected chi connectivity index (χ3v) is 2.98. The summed E-state index contributed by atoms with van der Waals surface area (Å²) < 4.78 is 14.6. The molecule has 70 valence electrons. The van der Waals surface area contributed by atoms with Gasteiger partial charge < -0.3 is 4.90 Å². The second kappa shape index (κ2) is 3.87. The molecule has 1 heterocycles. The maximum absolute atomic E-state index is 12.8. The lowest BCUT2D eigenvalue weighted by atomic mass is 10.2. The van der Waals surface area contributed by atoms with Crippen molar-refractivity contribution in [1.29, 1.82) is 0 Å². The summed E-state index contributed by atoms with van der Waals surface area (Å²) in [7, 11) is 3.39. The van der Waals surface area contributed by atoms with Gasteiger partial charge in [0.25, 0.3) is 0 Å². The second-order valence-corrected chi connectivity index (χ2v) is 4.40. The molecule has 0 aromatic carbocycles. The van der Waals surface area contributed by atoms with E-state index in [2.05, 4.69) is 0 Å². The van der Waals surface area contributed by atoms with Crippen molar-refractivity contribution in [3.05, 3.63) is 0 Å². The molecule has 1 saturated heterocycles. The smallest absolute Gasteiger partial charge is 0.240 e. The minimum absolute atomic E-state index is 0.00968. The molecule has 0 aromatic rings. The SMILES string of the molecule is CN(C)C(=O)[C@@H]1CC(F)CN1I. The quantitative estimate of drug-likeness (QED) is 0.527. The van der Waals surface area contributed by atoms with Crippen molar-refractivity contribution in [2.24, 2.45) is 0 Å². The highest BCUT2D eigenvalue weighted by atomic mass is 127.